The molecule has 0 fully saturated rings. The summed E-state index contributed by atoms with van der Waals surface area (Å²) in [5, 5.41) is 8.40. The van der Waals surface area contributed by atoms with Crippen molar-refractivity contribution in [2.45, 2.75) is 4.90 Å². The summed E-state index contributed by atoms with van der Waals surface area (Å²) < 4.78 is 61.4. The van der Waals surface area contributed by atoms with Gasteiger partial charge in [-0.1, -0.05) is 19.4 Å². The average Bonchev–Trinajstić information content (AvgIpc) is 2.00. The second-order valence-electron chi connectivity index (χ2n) is 2.72. The molecule has 0 aliphatic rings. The zero-order valence-corrected chi connectivity index (χ0v) is 9.26. The smallest absolute Gasteiger partial charge is 0.192 e. The zero-order valence-electron chi connectivity index (χ0n) is 6.86. The van der Waals surface area contributed by atoms with E-state index in [1.54, 1.807) is 0 Å². The predicted octanol–water partition coefficient (Wildman–Crippen LogP) is 4.98. The van der Waals surface area contributed by atoms with Crippen LogP contribution in [-0.4, -0.2) is 0 Å². The molecule has 0 saturated heterocycles. The number of hydrogen-bond acceptors (Lipinski definition) is 1. The second kappa shape index (κ2) is 2.65. The van der Waals surface area contributed by atoms with Gasteiger partial charge in [-0.25, -0.2) is 0 Å². The van der Waals surface area contributed by atoms with Crippen LogP contribution in [0.25, 0.3) is 0 Å². The lowest BCUT2D eigenvalue weighted by atomic mass is 10.2. The Kier molecular flexibility index (Phi) is 2.17. The lowest BCUT2D eigenvalue weighted by molar-refractivity contribution is 0.364. The van der Waals surface area contributed by atoms with Crippen LogP contribution in [-0.2, 0) is 0 Å². The summed E-state index contributed by atoms with van der Waals surface area (Å²) in [6, 6.07) is 2.52. The molecule has 0 atom stereocenters. The Bertz CT molecular complexity index is 460. The summed E-state index contributed by atoms with van der Waals surface area (Å²) in [7, 11) is -9.68. The van der Waals surface area contributed by atoms with Crippen LogP contribution in [0.3, 0.4) is 0 Å². The molecule has 0 amide bonds. The monoisotopic (exact) mass is 307 g/mol. The van der Waals surface area contributed by atoms with Gasteiger partial charge in [-0.05, 0) is 34.1 Å². The Morgan fingerprint density at radius 2 is 1.67 bits per heavy atom. The summed E-state index contributed by atoms with van der Waals surface area (Å²) in [5.41, 5.74) is -0.485. The van der Waals surface area contributed by atoms with Gasteiger partial charge in [0.1, 0.15) is 11.0 Å². The topological polar surface area (TPSA) is 23.8 Å². The van der Waals surface area contributed by atoms with Crippen LogP contribution in [0.2, 0.25) is 0 Å². The van der Waals surface area contributed by atoms with E-state index in [4.69, 9.17) is 5.26 Å². The summed E-state index contributed by atoms with van der Waals surface area (Å²) in [6.45, 7) is 0. The van der Waals surface area contributed by atoms with Crippen LogP contribution >= 0.6 is 26.2 Å². The molecule has 0 bridgehead atoms. The minimum Gasteiger partial charge on any atom is -0.192 e. The van der Waals surface area contributed by atoms with Crippen molar-refractivity contribution in [2.75, 3.05) is 0 Å². The number of halogens is 6. The van der Waals surface area contributed by atoms with Gasteiger partial charge in [0, 0.05) is 4.47 Å². The highest BCUT2D eigenvalue weighted by Gasteiger charge is 2.65. The maximum absolute atomic E-state index is 12.3. The van der Waals surface area contributed by atoms with Crippen molar-refractivity contribution >= 4 is 26.2 Å². The van der Waals surface area contributed by atoms with Crippen molar-refractivity contribution in [2.24, 2.45) is 0 Å². The molecular weight excluding hydrogens is 305 g/mol. The fourth-order valence-electron chi connectivity index (χ4n) is 0.830. The molecule has 1 aromatic rings. The molecule has 0 aliphatic heterocycles. The third kappa shape index (κ3) is 2.82. The Labute approximate surface area is 90.4 Å². The maximum atomic E-state index is 12.3. The molecule has 15 heavy (non-hydrogen) atoms. The highest BCUT2D eigenvalue weighted by atomic mass is 79.9. The molecule has 1 aromatic carbocycles. The number of benzene rings is 1. The van der Waals surface area contributed by atoms with Gasteiger partial charge < -0.3 is 0 Å². The minimum absolute atomic E-state index is 0.0376. The Hall–Kier alpha value is -0.810. The molecule has 0 aromatic heterocycles. The van der Waals surface area contributed by atoms with Crippen LogP contribution in [0.5, 0.6) is 0 Å². The molecular formula is C7H3BrF5NS. The first-order chi connectivity index (χ1) is 6.44. The lowest BCUT2D eigenvalue weighted by Gasteiger charge is -2.40. The van der Waals surface area contributed by atoms with E-state index in [0.717, 1.165) is 6.07 Å². The Morgan fingerprint density at radius 1 is 1.13 bits per heavy atom. The van der Waals surface area contributed by atoms with Crippen molar-refractivity contribution in [3.05, 3.63) is 28.2 Å². The van der Waals surface area contributed by atoms with Gasteiger partial charge in [-0.15, -0.1) is 0 Å². The molecule has 0 N–H and O–H groups in total. The van der Waals surface area contributed by atoms with Gasteiger partial charge in [0.05, 0.1) is 5.56 Å². The van der Waals surface area contributed by atoms with Crippen LogP contribution in [0.15, 0.2) is 27.6 Å². The van der Waals surface area contributed by atoms with Crippen molar-refractivity contribution < 1.29 is 19.4 Å². The molecule has 0 aliphatic carbocycles. The van der Waals surface area contributed by atoms with E-state index >= 15 is 0 Å². The molecule has 0 spiro atoms. The Morgan fingerprint density at radius 3 is 2.07 bits per heavy atom. The maximum Gasteiger partial charge on any atom is 0.310 e. The molecule has 0 saturated carbocycles. The average molecular weight is 308 g/mol. The summed E-state index contributed by atoms with van der Waals surface area (Å²) in [4.78, 5) is -2.06. The molecule has 1 rings (SSSR count). The first-order valence-corrected chi connectivity index (χ1v) is 6.12. The number of nitrogens with zero attached hydrogens (tertiary/aromatic N) is 1. The van der Waals surface area contributed by atoms with Crippen LogP contribution in [0, 0.1) is 11.3 Å². The van der Waals surface area contributed by atoms with Gasteiger partial charge in [0.15, 0.2) is 0 Å². The van der Waals surface area contributed by atoms with Gasteiger partial charge in [-0.3, -0.25) is 0 Å². The largest absolute Gasteiger partial charge is 0.310 e. The van der Waals surface area contributed by atoms with E-state index in [-0.39, 0.29) is 16.6 Å². The quantitative estimate of drug-likeness (QED) is 0.671. The van der Waals surface area contributed by atoms with Crippen molar-refractivity contribution in [1.29, 1.82) is 5.26 Å². The van der Waals surface area contributed by atoms with E-state index in [9.17, 15) is 19.4 Å². The first-order valence-electron chi connectivity index (χ1n) is 3.38. The predicted molar refractivity (Wildman–Crippen MR) is 50.3 cm³/mol. The van der Waals surface area contributed by atoms with Crippen molar-refractivity contribution in [1.82, 2.24) is 0 Å². The molecule has 1 nitrogen and oxygen atoms in total. The number of rotatable bonds is 1. The fraction of sp³-hybridized carbons (Fsp3) is 0. The third-order valence-electron chi connectivity index (χ3n) is 1.50. The van der Waals surface area contributed by atoms with Crippen LogP contribution in [0.4, 0.5) is 19.4 Å². The number of nitriles is 1. The summed E-state index contributed by atoms with van der Waals surface area (Å²) >= 11 is 2.77. The summed E-state index contributed by atoms with van der Waals surface area (Å²) in [5.74, 6) is 0. The zero-order chi connectivity index (χ0) is 12.0. The molecule has 8 heteroatoms. The number of hydrogen-bond donors (Lipinski definition) is 0. The highest BCUT2D eigenvalue weighted by molar-refractivity contribution is 9.10. The molecule has 84 valence electrons. The van der Waals surface area contributed by atoms with Gasteiger partial charge in [-0.2, -0.15) is 5.26 Å². The fourth-order valence-corrected chi connectivity index (χ4v) is 1.83. The minimum atomic E-state index is -9.68. The third-order valence-corrected chi connectivity index (χ3v) is 3.34. The summed E-state index contributed by atoms with van der Waals surface area (Å²) in [6.07, 6.45) is 0. The highest BCUT2D eigenvalue weighted by Crippen LogP contribution is 3.02. The van der Waals surface area contributed by atoms with Crippen molar-refractivity contribution in [3.8, 4) is 6.07 Å². The Balaban J connectivity index is 3.52. The SMILES string of the molecule is N#Cc1cc(S(F)(F)(F)(F)F)ccc1Br. The van der Waals surface area contributed by atoms with Gasteiger partial charge in [0.2, 0.25) is 0 Å². The van der Waals surface area contributed by atoms with Crippen LogP contribution < -0.4 is 0 Å². The molecule has 0 radical (unpaired) electrons. The molecule has 0 heterocycles. The van der Waals surface area contributed by atoms with E-state index in [2.05, 4.69) is 15.9 Å². The van der Waals surface area contributed by atoms with Crippen molar-refractivity contribution in [3.63, 3.8) is 0 Å². The normalized spacial score (nSPS) is 16.3. The lowest BCUT2D eigenvalue weighted by Crippen LogP contribution is -2.06. The van der Waals surface area contributed by atoms with Gasteiger partial charge in [0.25, 0.3) is 0 Å². The van der Waals surface area contributed by atoms with E-state index in [0.29, 0.717) is 0 Å². The van der Waals surface area contributed by atoms with Crippen LogP contribution in [0.1, 0.15) is 5.56 Å². The van der Waals surface area contributed by atoms with Gasteiger partial charge >= 0.3 is 10.2 Å². The first kappa shape index (κ1) is 12.3. The van der Waals surface area contributed by atoms with E-state index in [1.807, 2.05) is 0 Å². The second-order valence-corrected chi connectivity index (χ2v) is 5.99. The standard InChI is InChI=1S/C7H3BrF5NS/c8-7-2-1-6(3-5(7)4-14)15(9,10,11,12)13/h1-3H. The van der Waals surface area contributed by atoms with E-state index in [1.165, 1.54) is 6.07 Å². The molecule has 0 unspecified atom stereocenters. The van der Waals surface area contributed by atoms with E-state index < -0.39 is 20.7 Å².